The molecule has 110 valence electrons. The number of nitrogens with zero attached hydrogens (tertiary/aromatic N) is 2. The summed E-state index contributed by atoms with van der Waals surface area (Å²) in [6.07, 6.45) is 4.78. The number of aromatic nitrogens is 2. The number of carbonyl (C=O) groups is 1. The van der Waals surface area contributed by atoms with E-state index in [-0.39, 0.29) is 11.8 Å². The second-order valence-corrected chi connectivity index (χ2v) is 6.09. The van der Waals surface area contributed by atoms with Crippen LogP contribution in [0.1, 0.15) is 45.1 Å². The van der Waals surface area contributed by atoms with Crippen molar-refractivity contribution in [3.05, 3.63) is 28.4 Å². The summed E-state index contributed by atoms with van der Waals surface area (Å²) in [5, 5.41) is 0. The number of likely N-dealkylation sites (tertiary alicyclic amines) is 1. The highest BCUT2D eigenvalue weighted by molar-refractivity contribution is 5.68. The van der Waals surface area contributed by atoms with Crippen LogP contribution in [0.2, 0.25) is 0 Å². The Morgan fingerprint density at radius 1 is 1.40 bits per heavy atom. The lowest BCUT2D eigenvalue weighted by molar-refractivity contribution is 0.0205. The molecule has 1 aliphatic rings. The Kier molecular flexibility index (Phi) is 4.11. The number of aromatic amines is 1. The van der Waals surface area contributed by atoms with E-state index in [9.17, 15) is 9.59 Å². The monoisotopic (exact) mass is 279 g/mol. The summed E-state index contributed by atoms with van der Waals surface area (Å²) in [5.41, 5.74) is 0.227. The maximum Gasteiger partial charge on any atom is 0.410 e. The highest BCUT2D eigenvalue weighted by Gasteiger charge is 2.27. The van der Waals surface area contributed by atoms with Gasteiger partial charge in [-0.05, 0) is 45.1 Å². The molecule has 0 atom stereocenters. The zero-order valence-electron chi connectivity index (χ0n) is 12.2. The van der Waals surface area contributed by atoms with Crippen LogP contribution in [0.3, 0.4) is 0 Å². The van der Waals surface area contributed by atoms with Crippen molar-refractivity contribution in [1.82, 2.24) is 14.9 Å². The maximum absolute atomic E-state index is 11.9. The van der Waals surface area contributed by atoms with Gasteiger partial charge in [-0.1, -0.05) is 0 Å². The van der Waals surface area contributed by atoms with Crippen LogP contribution in [0.5, 0.6) is 0 Å². The van der Waals surface area contributed by atoms with Gasteiger partial charge in [0.15, 0.2) is 0 Å². The SMILES string of the molecule is CC(C)(C)OC(=O)N1CCC(c2cnc(=O)[nH]c2)CC1. The molecule has 2 rings (SSSR count). The topological polar surface area (TPSA) is 75.3 Å². The third-order valence-corrected chi connectivity index (χ3v) is 3.31. The normalized spacial score (nSPS) is 17.1. The molecule has 0 bridgehead atoms. The fourth-order valence-corrected chi connectivity index (χ4v) is 2.30. The third-order valence-electron chi connectivity index (χ3n) is 3.31. The first kappa shape index (κ1) is 14.6. The average Bonchev–Trinajstić information content (AvgIpc) is 2.38. The van der Waals surface area contributed by atoms with Crippen LogP contribution < -0.4 is 5.69 Å². The Morgan fingerprint density at radius 3 is 2.55 bits per heavy atom. The molecule has 1 saturated heterocycles. The second kappa shape index (κ2) is 5.64. The number of carbonyl (C=O) groups excluding carboxylic acids is 1. The zero-order chi connectivity index (χ0) is 14.8. The largest absolute Gasteiger partial charge is 0.444 e. The number of hydrogen-bond donors (Lipinski definition) is 1. The lowest BCUT2D eigenvalue weighted by Gasteiger charge is -2.33. The van der Waals surface area contributed by atoms with E-state index in [1.165, 1.54) is 0 Å². The molecular formula is C14H21N3O3. The fraction of sp³-hybridized carbons (Fsp3) is 0.643. The minimum Gasteiger partial charge on any atom is -0.444 e. The Labute approximate surface area is 118 Å². The Morgan fingerprint density at radius 2 is 2.05 bits per heavy atom. The molecular weight excluding hydrogens is 258 g/mol. The van der Waals surface area contributed by atoms with Crippen LogP contribution in [0.15, 0.2) is 17.2 Å². The summed E-state index contributed by atoms with van der Waals surface area (Å²) in [7, 11) is 0. The van der Waals surface area contributed by atoms with E-state index in [1.807, 2.05) is 20.8 Å². The standard InChI is InChI=1S/C14H21N3O3/c1-14(2,3)20-13(19)17-6-4-10(5-7-17)11-8-15-12(18)16-9-11/h8-10H,4-7H2,1-3H3,(H,15,16,18). The molecule has 6 heteroatoms. The number of piperidine rings is 1. The van der Waals surface area contributed by atoms with Crippen molar-refractivity contribution in [2.75, 3.05) is 13.1 Å². The summed E-state index contributed by atoms with van der Waals surface area (Å²) in [6, 6.07) is 0. The van der Waals surface area contributed by atoms with Crippen molar-refractivity contribution < 1.29 is 9.53 Å². The van der Waals surface area contributed by atoms with Gasteiger partial charge in [0, 0.05) is 25.5 Å². The van der Waals surface area contributed by atoms with Gasteiger partial charge in [-0.3, -0.25) is 0 Å². The van der Waals surface area contributed by atoms with E-state index in [0.717, 1.165) is 18.4 Å². The molecule has 0 aliphatic carbocycles. The fourth-order valence-electron chi connectivity index (χ4n) is 2.30. The van der Waals surface area contributed by atoms with Crippen LogP contribution in [0, 0.1) is 0 Å². The van der Waals surface area contributed by atoms with E-state index in [2.05, 4.69) is 9.97 Å². The van der Waals surface area contributed by atoms with Gasteiger partial charge in [0.25, 0.3) is 0 Å². The second-order valence-electron chi connectivity index (χ2n) is 6.09. The van der Waals surface area contributed by atoms with E-state index < -0.39 is 5.60 Å². The van der Waals surface area contributed by atoms with Crippen molar-refractivity contribution in [2.45, 2.75) is 45.1 Å². The predicted molar refractivity (Wildman–Crippen MR) is 74.6 cm³/mol. The van der Waals surface area contributed by atoms with Crippen molar-refractivity contribution >= 4 is 6.09 Å². The molecule has 1 N–H and O–H groups in total. The molecule has 1 amide bonds. The number of hydrogen-bond acceptors (Lipinski definition) is 4. The van der Waals surface area contributed by atoms with Crippen LogP contribution in [-0.2, 0) is 4.74 Å². The quantitative estimate of drug-likeness (QED) is 0.851. The highest BCUT2D eigenvalue weighted by atomic mass is 16.6. The summed E-state index contributed by atoms with van der Waals surface area (Å²) >= 11 is 0. The lowest BCUT2D eigenvalue weighted by atomic mass is 9.91. The van der Waals surface area contributed by atoms with Gasteiger partial charge < -0.3 is 14.6 Å². The highest BCUT2D eigenvalue weighted by Crippen LogP contribution is 2.27. The first-order valence-corrected chi connectivity index (χ1v) is 6.88. The van der Waals surface area contributed by atoms with Crippen LogP contribution in [0.25, 0.3) is 0 Å². The van der Waals surface area contributed by atoms with Crippen molar-refractivity contribution in [3.8, 4) is 0 Å². The molecule has 1 aliphatic heterocycles. The number of rotatable bonds is 1. The Bertz CT molecular complexity index is 505. The maximum atomic E-state index is 11.9. The smallest absolute Gasteiger partial charge is 0.410 e. The number of nitrogens with one attached hydrogen (secondary N) is 1. The number of amides is 1. The van der Waals surface area contributed by atoms with Gasteiger partial charge in [0.2, 0.25) is 0 Å². The minimum absolute atomic E-state index is 0.254. The lowest BCUT2D eigenvalue weighted by Crippen LogP contribution is -2.41. The zero-order valence-corrected chi connectivity index (χ0v) is 12.2. The van der Waals surface area contributed by atoms with Crippen LogP contribution in [-0.4, -0.2) is 39.7 Å². The Hall–Kier alpha value is -1.85. The molecule has 20 heavy (non-hydrogen) atoms. The number of ether oxygens (including phenoxy) is 1. The molecule has 0 aromatic carbocycles. The molecule has 1 aromatic rings. The first-order chi connectivity index (χ1) is 9.35. The van der Waals surface area contributed by atoms with Gasteiger partial charge in [0.05, 0.1) is 0 Å². The van der Waals surface area contributed by atoms with E-state index in [0.29, 0.717) is 19.0 Å². The Balaban J connectivity index is 1.90. The molecule has 2 heterocycles. The molecule has 0 spiro atoms. The van der Waals surface area contributed by atoms with E-state index in [4.69, 9.17) is 4.74 Å². The predicted octanol–water partition coefficient (Wildman–Crippen LogP) is 1.88. The van der Waals surface area contributed by atoms with Crippen molar-refractivity contribution in [2.24, 2.45) is 0 Å². The summed E-state index contributed by atoms with van der Waals surface area (Å²) in [4.78, 5) is 31.0. The number of H-pyrrole nitrogens is 1. The van der Waals surface area contributed by atoms with Gasteiger partial charge in [-0.25, -0.2) is 14.6 Å². The average molecular weight is 279 g/mol. The van der Waals surface area contributed by atoms with Gasteiger partial charge >= 0.3 is 11.8 Å². The molecule has 0 radical (unpaired) electrons. The van der Waals surface area contributed by atoms with Gasteiger partial charge in [0.1, 0.15) is 5.60 Å². The first-order valence-electron chi connectivity index (χ1n) is 6.88. The summed E-state index contributed by atoms with van der Waals surface area (Å²) < 4.78 is 5.36. The van der Waals surface area contributed by atoms with E-state index in [1.54, 1.807) is 17.3 Å². The van der Waals surface area contributed by atoms with Gasteiger partial charge in [-0.2, -0.15) is 0 Å². The molecule has 1 aromatic heterocycles. The van der Waals surface area contributed by atoms with Gasteiger partial charge in [-0.15, -0.1) is 0 Å². The van der Waals surface area contributed by atoms with Crippen molar-refractivity contribution in [1.29, 1.82) is 0 Å². The van der Waals surface area contributed by atoms with Crippen molar-refractivity contribution in [3.63, 3.8) is 0 Å². The molecule has 6 nitrogen and oxygen atoms in total. The molecule has 0 unspecified atom stereocenters. The third kappa shape index (κ3) is 3.82. The minimum atomic E-state index is -0.462. The van der Waals surface area contributed by atoms with Crippen LogP contribution >= 0.6 is 0 Å². The van der Waals surface area contributed by atoms with E-state index >= 15 is 0 Å². The summed E-state index contributed by atoms with van der Waals surface area (Å²) in [6.45, 7) is 6.92. The molecule has 1 fully saturated rings. The molecule has 0 saturated carbocycles. The summed E-state index contributed by atoms with van der Waals surface area (Å²) in [5.74, 6) is 0.332. The van der Waals surface area contributed by atoms with Crippen LogP contribution in [0.4, 0.5) is 4.79 Å².